The lowest BCUT2D eigenvalue weighted by molar-refractivity contribution is 0.379. The number of nitriles is 1. The quantitative estimate of drug-likeness (QED) is 0.845. The van der Waals surface area contributed by atoms with Gasteiger partial charge in [0.05, 0.1) is 12.2 Å². The number of hydrogen-bond donors (Lipinski definition) is 1. The Morgan fingerprint density at radius 2 is 2.24 bits per heavy atom. The Morgan fingerprint density at radius 3 is 2.82 bits per heavy atom. The van der Waals surface area contributed by atoms with Crippen LogP contribution >= 0.6 is 0 Å². The number of nitrogens with one attached hydrogen (secondary N) is 1. The molecule has 0 bridgehead atoms. The maximum Gasteiger partial charge on any atom is 0.245 e. The van der Waals surface area contributed by atoms with Crippen molar-refractivity contribution in [3.05, 3.63) is 23.0 Å². The fraction of sp³-hybridized carbons (Fsp3) is 0.400. The second-order valence-corrected chi connectivity index (χ2v) is 3.63. The zero-order valence-corrected chi connectivity index (χ0v) is 9.85. The molecule has 7 nitrogen and oxygen atoms in total. The fourth-order valence-corrected chi connectivity index (χ4v) is 1.57. The van der Waals surface area contributed by atoms with Crippen LogP contribution in [0.4, 0.5) is 5.82 Å². The van der Waals surface area contributed by atoms with E-state index in [9.17, 15) is 0 Å². The van der Waals surface area contributed by atoms with Crippen molar-refractivity contribution in [2.24, 2.45) is 7.05 Å². The Labute approximate surface area is 98.0 Å². The van der Waals surface area contributed by atoms with Crippen molar-refractivity contribution >= 4 is 5.82 Å². The summed E-state index contributed by atoms with van der Waals surface area (Å²) in [5.41, 5.74) is 1.22. The molecular weight excluding hydrogens is 220 g/mol. The van der Waals surface area contributed by atoms with Crippen LogP contribution in [-0.2, 0) is 13.6 Å². The minimum absolute atomic E-state index is 0.370. The highest BCUT2D eigenvalue weighted by Gasteiger charge is 2.13. The van der Waals surface area contributed by atoms with E-state index in [2.05, 4.69) is 26.6 Å². The summed E-state index contributed by atoms with van der Waals surface area (Å²) in [7, 11) is 1.77. The maximum absolute atomic E-state index is 9.02. The largest absolute Gasteiger partial charge is 0.360 e. The molecule has 0 spiro atoms. The molecule has 1 N–H and O–H groups in total. The number of anilines is 1. The Bertz CT molecular complexity index is 576. The number of aromatic nitrogens is 4. The molecule has 0 unspecified atom stereocenters. The lowest BCUT2D eigenvalue weighted by atomic mass is 10.2. The van der Waals surface area contributed by atoms with Gasteiger partial charge in [-0.1, -0.05) is 5.16 Å². The van der Waals surface area contributed by atoms with Crippen molar-refractivity contribution in [2.45, 2.75) is 20.4 Å². The first-order chi connectivity index (χ1) is 8.11. The van der Waals surface area contributed by atoms with E-state index in [4.69, 9.17) is 9.78 Å². The molecule has 2 heterocycles. The van der Waals surface area contributed by atoms with E-state index in [0.29, 0.717) is 35.3 Å². The summed E-state index contributed by atoms with van der Waals surface area (Å²) in [6.07, 6.45) is 0. The Balaban J connectivity index is 2.17. The van der Waals surface area contributed by atoms with E-state index >= 15 is 0 Å². The van der Waals surface area contributed by atoms with Gasteiger partial charge in [0.15, 0.2) is 5.82 Å². The first-order valence-corrected chi connectivity index (χ1v) is 5.08. The van der Waals surface area contributed by atoms with E-state index in [1.807, 2.05) is 0 Å². The first kappa shape index (κ1) is 11.1. The van der Waals surface area contributed by atoms with Crippen LogP contribution in [-0.4, -0.2) is 19.9 Å². The van der Waals surface area contributed by atoms with Gasteiger partial charge in [-0.15, -0.1) is 0 Å². The lowest BCUT2D eigenvalue weighted by Crippen LogP contribution is -2.06. The van der Waals surface area contributed by atoms with Crippen LogP contribution in [0.5, 0.6) is 0 Å². The zero-order valence-electron chi connectivity index (χ0n) is 9.85. The highest BCUT2D eigenvalue weighted by molar-refractivity contribution is 5.54. The van der Waals surface area contributed by atoms with Crippen LogP contribution in [0, 0.1) is 25.2 Å². The van der Waals surface area contributed by atoms with Crippen LogP contribution < -0.4 is 5.32 Å². The summed E-state index contributed by atoms with van der Waals surface area (Å²) >= 11 is 0. The molecule has 0 aliphatic heterocycles. The molecule has 0 saturated heterocycles. The molecule has 0 amide bonds. The summed E-state index contributed by atoms with van der Waals surface area (Å²) < 4.78 is 6.59. The van der Waals surface area contributed by atoms with Crippen molar-refractivity contribution in [3.8, 4) is 6.07 Å². The molecule has 0 saturated carbocycles. The standard InChI is InChI=1S/C10H12N6O/c1-6-8(4-11)10(16(3)14-6)12-5-9-13-7(2)15-17-9/h12H,5H2,1-3H3. The second kappa shape index (κ2) is 4.25. The first-order valence-electron chi connectivity index (χ1n) is 5.08. The summed E-state index contributed by atoms with van der Waals surface area (Å²) in [4.78, 5) is 4.06. The van der Waals surface area contributed by atoms with Gasteiger partial charge in [0.1, 0.15) is 17.5 Å². The van der Waals surface area contributed by atoms with E-state index < -0.39 is 0 Å². The minimum atomic E-state index is 0.370. The van der Waals surface area contributed by atoms with Crippen molar-refractivity contribution < 1.29 is 4.52 Å². The molecule has 2 aromatic rings. The van der Waals surface area contributed by atoms with Gasteiger partial charge in [-0.2, -0.15) is 15.3 Å². The van der Waals surface area contributed by atoms with E-state index in [1.54, 1.807) is 25.6 Å². The fourth-order valence-electron chi connectivity index (χ4n) is 1.57. The molecule has 0 atom stereocenters. The molecule has 0 aliphatic carbocycles. The average Bonchev–Trinajstić information content (AvgIpc) is 2.80. The molecule has 2 rings (SSSR count). The van der Waals surface area contributed by atoms with Gasteiger partial charge in [0.2, 0.25) is 5.89 Å². The number of nitrogens with zero attached hydrogens (tertiary/aromatic N) is 5. The summed E-state index contributed by atoms with van der Waals surface area (Å²) in [5, 5.41) is 19.9. The molecule has 17 heavy (non-hydrogen) atoms. The summed E-state index contributed by atoms with van der Waals surface area (Å²) in [6.45, 7) is 3.91. The highest BCUT2D eigenvalue weighted by atomic mass is 16.5. The number of hydrogen-bond acceptors (Lipinski definition) is 6. The topological polar surface area (TPSA) is 92.6 Å². The smallest absolute Gasteiger partial charge is 0.245 e. The highest BCUT2D eigenvalue weighted by Crippen LogP contribution is 2.17. The third-order valence-corrected chi connectivity index (χ3v) is 2.31. The van der Waals surface area contributed by atoms with Crippen molar-refractivity contribution in [1.82, 2.24) is 19.9 Å². The molecular formula is C10H12N6O. The molecule has 2 aromatic heterocycles. The van der Waals surface area contributed by atoms with Gasteiger partial charge in [-0.3, -0.25) is 4.68 Å². The van der Waals surface area contributed by atoms with Gasteiger partial charge in [0.25, 0.3) is 0 Å². The third-order valence-electron chi connectivity index (χ3n) is 2.31. The van der Waals surface area contributed by atoms with Gasteiger partial charge >= 0.3 is 0 Å². The Hall–Kier alpha value is -2.36. The van der Waals surface area contributed by atoms with Gasteiger partial charge < -0.3 is 9.84 Å². The monoisotopic (exact) mass is 232 g/mol. The molecule has 0 aliphatic rings. The SMILES string of the molecule is Cc1noc(CNc2c(C#N)c(C)nn2C)n1. The van der Waals surface area contributed by atoms with E-state index in [-0.39, 0.29) is 0 Å². The average molecular weight is 232 g/mol. The normalized spacial score (nSPS) is 10.2. The van der Waals surface area contributed by atoms with Crippen LogP contribution in [0.2, 0.25) is 0 Å². The van der Waals surface area contributed by atoms with Crippen LogP contribution in [0.25, 0.3) is 0 Å². The summed E-state index contributed by atoms with van der Waals surface area (Å²) in [6, 6.07) is 2.11. The van der Waals surface area contributed by atoms with Crippen molar-refractivity contribution in [1.29, 1.82) is 5.26 Å². The maximum atomic E-state index is 9.02. The van der Waals surface area contributed by atoms with Gasteiger partial charge in [-0.25, -0.2) is 0 Å². The summed E-state index contributed by atoms with van der Waals surface area (Å²) in [5.74, 6) is 1.72. The second-order valence-electron chi connectivity index (χ2n) is 3.63. The van der Waals surface area contributed by atoms with E-state index in [0.717, 1.165) is 0 Å². The Morgan fingerprint density at radius 1 is 1.47 bits per heavy atom. The van der Waals surface area contributed by atoms with Crippen LogP contribution in [0.15, 0.2) is 4.52 Å². The lowest BCUT2D eigenvalue weighted by Gasteiger charge is -2.03. The molecule has 0 aromatic carbocycles. The third kappa shape index (κ3) is 2.10. The zero-order chi connectivity index (χ0) is 12.4. The minimum Gasteiger partial charge on any atom is -0.360 e. The molecule has 0 fully saturated rings. The van der Waals surface area contributed by atoms with Gasteiger partial charge in [0, 0.05) is 7.05 Å². The molecule has 7 heteroatoms. The van der Waals surface area contributed by atoms with Crippen LogP contribution in [0.3, 0.4) is 0 Å². The van der Waals surface area contributed by atoms with Crippen molar-refractivity contribution in [2.75, 3.05) is 5.32 Å². The Kier molecular flexibility index (Phi) is 2.78. The van der Waals surface area contributed by atoms with E-state index in [1.165, 1.54) is 0 Å². The van der Waals surface area contributed by atoms with Crippen molar-refractivity contribution in [3.63, 3.8) is 0 Å². The predicted molar refractivity (Wildman–Crippen MR) is 59.0 cm³/mol. The molecule has 0 radical (unpaired) electrons. The predicted octanol–water partition coefficient (Wildman–Crippen LogP) is 0.904. The van der Waals surface area contributed by atoms with Crippen LogP contribution in [0.1, 0.15) is 23.0 Å². The number of rotatable bonds is 3. The molecule has 88 valence electrons. The number of aryl methyl sites for hydroxylation is 3. The van der Waals surface area contributed by atoms with Gasteiger partial charge in [-0.05, 0) is 13.8 Å².